The number of carbonyl (C=O) groups excluding carboxylic acids is 2. The summed E-state index contributed by atoms with van der Waals surface area (Å²) in [5.74, 6) is 0.918. The third kappa shape index (κ3) is 9.42. The zero-order chi connectivity index (χ0) is 14.0. The molecule has 0 bridgehead atoms. The van der Waals surface area contributed by atoms with Gasteiger partial charge in [0.1, 0.15) is 18.2 Å². The third-order valence-electron chi connectivity index (χ3n) is 2.48. The van der Waals surface area contributed by atoms with Crippen molar-refractivity contribution in [1.29, 1.82) is 0 Å². The van der Waals surface area contributed by atoms with Gasteiger partial charge in [0.05, 0.1) is 13.6 Å². The summed E-state index contributed by atoms with van der Waals surface area (Å²) in [5, 5.41) is 0. The SMILES string of the molecule is CC(C)=O.CCCCCCn1cc[n+](C)c1C=O.[Cl-]. The monoisotopic (exact) mass is 288 g/mol. The molecule has 0 atom stereocenters. The van der Waals surface area contributed by atoms with Crippen LogP contribution >= 0.6 is 0 Å². The second-order valence-corrected chi connectivity index (χ2v) is 4.55. The van der Waals surface area contributed by atoms with Crippen LogP contribution in [0.2, 0.25) is 0 Å². The molecule has 0 saturated carbocycles. The lowest BCUT2D eigenvalue weighted by Crippen LogP contribution is -3.00. The minimum atomic E-state index is 0. The van der Waals surface area contributed by atoms with Gasteiger partial charge in [-0.1, -0.05) is 19.8 Å². The number of ketones is 1. The van der Waals surface area contributed by atoms with Gasteiger partial charge in [0.15, 0.2) is 0 Å². The van der Waals surface area contributed by atoms with Crippen molar-refractivity contribution < 1.29 is 26.6 Å². The maximum absolute atomic E-state index is 10.8. The van der Waals surface area contributed by atoms with Crippen LogP contribution in [-0.2, 0) is 18.4 Å². The van der Waals surface area contributed by atoms with Gasteiger partial charge in [-0.15, -0.1) is 0 Å². The molecule has 1 aromatic heterocycles. The molecule has 19 heavy (non-hydrogen) atoms. The van der Waals surface area contributed by atoms with Crippen molar-refractivity contribution in [3.8, 4) is 0 Å². The van der Waals surface area contributed by atoms with Crippen molar-refractivity contribution in [2.24, 2.45) is 7.05 Å². The van der Waals surface area contributed by atoms with Crippen LogP contribution in [0.1, 0.15) is 57.1 Å². The highest BCUT2D eigenvalue weighted by Crippen LogP contribution is 2.02. The molecular formula is C14H25ClN2O2. The highest BCUT2D eigenvalue weighted by Gasteiger charge is 2.11. The summed E-state index contributed by atoms with van der Waals surface area (Å²) in [7, 11) is 1.90. The van der Waals surface area contributed by atoms with Crippen molar-refractivity contribution in [3.63, 3.8) is 0 Å². The number of halogens is 1. The fourth-order valence-corrected chi connectivity index (χ4v) is 1.58. The average Bonchev–Trinajstić information content (AvgIpc) is 2.64. The Kier molecular flexibility index (Phi) is 12.6. The van der Waals surface area contributed by atoms with Crippen LogP contribution in [0, 0.1) is 0 Å². The molecule has 1 heterocycles. The molecule has 0 saturated heterocycles. The Morgan fingerprint density at radius 1 is 1.32 bits per heavy atom. The molecule has 1 aromatic rings. The lowest BCUT2D eigenvalue weighted by molar-refractivity contribution is -0.672. The topological polar surface area (TPSA) is 43.0 Å². The molecule has 0 radical (unpaired) electrons. The van der Waals surface area contributed by atoms with E-state index in [4.69, 9.17) is 0 Å². The number of aryl methyl sites for hydroxylation is 2. The van der Waals surface area contributed by atoms with Gasteiger partial charge in [-0.3, -0.25) is 4.79 Å². The largest absolute Gasteiger partial charge is 1.00 e. The molecule has 1 rings (SSSR count). The van der Waals surface area contributed by atoms with Gasteiger partial charge in [-0.05, 0) is 26.7 Å². The van der Waals surface area contributed by atoms with Crippen LogP contribution in [0.3, 0.4) is 0 Å². The van der Waals surface area contributed by atoms with Crippen LogP contribution < -0.4 is 17.0 Å². The molecule has 0 N–H and O–H groups in total. The van der Waals surface area contributed by atoms with Crippen LogP contribution in [0.4, 0.5) is 0 Å². The fraction of sp³-hybridized carbons (Fsp3) is 0.643. The molecule has 0 aliphatic heterocycles. The van der Waals surface area contributed by atoms with Crippen LogP contribution in [-0.4, -0.2) is 16.6 Å². The van der Waals surface area contributed by atoms with E-state index in [0.717, 1.165) is 25.1 Å². The predicted molar refractivity (Wildman–Crippen MR) is 71.5 cm³/mol. The Bertz CT molecular complexity index is 372. The quantitative estimate of drug-likeness (QED) is 0.395. The number of hydrogen-bond donors (Lipinski definition) is 0. The zero-order valence-electron chi connectivity index (χ0n) is 12.4. The van der Waals surface area contributed by atoms with Crippen molar-refractivity contribution in [2.75, 3.05) is 0 Å². The summed E-state index contributed by atoms with van der Waals surface area (Å²) in [6.45, 7) is 6.21. The molecular weight excluding hydrogens is 264 g/mol. The van der Waals surface area contributed by atoms with E-state index in [2.05, 4.69) is 6.92 Å². The van der Waals surface area contributed by atoms with E-state index in [1.807, 2.05) is 28.6 Å². The van der Waals surface area contributed by atoms with E-state index in [9.17, 15) is 9.59 Å². The molecule has 5 heteroatoms. The first kappa shape index (κ1) is 20.2. The maximum atomic E-state index is 10.8. The standard InChI is InChI=1S/C11H19N2O.C3H6O.ClH/c1-3-4-5-6-7-13-9-8-12(2)11(13)10-14;1-3(2)4;/h8-10H,3-7H2,1-2H3;1-2H3;1H/q+1;;/p-1. The minimum absolute atomic E-state index is 0. The van der Waals surface area contributed by atoms with E-state index in [0.29, 0.717) is 0 Å². The number of aldehydes is 1. The van der Waals surface area contributed by atoms with Gasteiger partial charge in [0.2, 0.25) is 6.29 Å². The first-order valence-electron chi connectivity index (χ1n) is 6.50. The Morgan fingerprint density at radius 3 is 2.37 bits per heavy atom. The lowest BCUT2D eigenvalue weighted by Gasteiger charge is -1.98. The van der Waals surface area contributed by atoms with E-state index in [-0.39, 0.29) is 18.2 Å². The number of rotatable bonds is 6. The Hall–Kier alpha value is -1.16. The third-order valence-corrected chi connectivity index (χ3v) is 2.48. The van der Waals surface area contributed by atoms with Crippen LogP contribution in [0.5, 0.6) is 0 Å². The Balaban J connectivity index is 0. The van der Waals surface area contributed by atoms with Crippen LogP contribution in [0.25, 0.3) is 0 Å². The van der Waals surface area contributed by atoms with Gasteiger partial charge >= 0.3 is 5.82 Å². The van der Waals surface area contributed by atoms with Crippen molar-refractivity contribution in [1.82, 2.24) is 4.57 Å². The van der Waals surface area contributed by atoms with Crippen molar-refractivity contribution >= 4 is 12.1 Å². The second kappa shape index (κ2) is 11.9. The normalized spacial score (nSPS) is 9.05. The molecule has 0 aromatic carbocycles. The van der Waals surface area contributed by atoms with Gasteiger partial charge < -0.3 is 17.2 Å². The maximum Gasteiger partial charge on any atom is 0.321 e. The number of unbranched alkanes of at least 4 members (excludes halogenated alkanes) is 3. The highest BCUT2D eigenvalue weighted by molar-refractivity contribution is 5.72. The van der Waals surface area contributed by atoms with Gasteiger partial charge in [0.25, 0.3) is 0 Å². The minimum Gasteiger partial charge on any atom is -1.00 e. The first-order chi connectivity index (χ1) is 8.52. The number of Topliss-reactive ketones (excluding diaryl/α,β-unsaturated/α-hetero) is 1. The molecule has 4 nitrogen and oxygen atoms in total. The smallest absolute Gasteiger partial charge is 0.321 e. The van der Waals surface area contributed by atoms with Crippen molar-refractivity contribution in [2.45, 2.75) is 53.0 Å². The van der Waals surface area contributed by atoms with Gasteiger partial charge in [-0.25, -0.2) is 9.13 Å². The number of imidazole rings is 1. The second-order valence-electron chi connectivity index (χ2n) is 4.55. The van der Waals surface area contributed by atoms with E-state index in [1.165, 1.54) is 33.1 Å². The van der Waals surface area contributed by atoms with E-state index >= 15 is 0 Å². The predicted octanol–water partition coefficient (Wildman–Crippen LogP) is -0.695. The number of nitrogens with zero attached hydrogens (tertiary/aromatic N) is 2. The number of aromatic nitrogens is 2. The summed E-state index contributed by atoms with van der Waals surface area (Å²) < 4.78 is 3.87. The molecule has 0 amide bonds. The first-order valence-corrected chi connectivity index (χ1v) is 6.50. The summed E-state index contributed by atoms with van der Waals surface area (Å²) in [6.07, 6.45) is 9.74. The summed E-state index contributed by atoms with van der Waals surface area (Å²) in [4.78, 5) is 20.2. The van der Waals surface area contributed by atoms with E-state index in [1.54, 1.807) is 0 Å². The Labute approximate surface area is 122 Å². The number of hydrogen-bond acceptors (Lipinski definition) is 2. The summed E-state index contributed by atoms with van der Waals surface area (Å²) >= 11 is 0. The molecule has 0 unspecified atom stereocenters. The summed E-state index contributed by atoms with van der Waals surface area (Å²) in [6, 6.07) is 0. The van der Waals surface area contributed by atoms with E-state index < -0.39 is 0 Å². The van der Waals surface area contributed by atoms with Crippen LogP contribution in [0.15, 0.2) is 12.4 Å². The molecule has 110 valence electrons. The Morgan fingerprint density at radius 2 is 1.89 bits per heavy atom. The molecule has 0 fully saturated rings. The fourth-order valence-electron chi connectivity index (χ4n) is 1.58. The molecule has 0 aliphatic carbocycles. The molecule has 0 aliphatic rings. The number of carbonyl (C=O) groups is 2. The molecule has 0 spiro atoms. The average molecular weight is 289 g/mol. The van der Waals surface area contributed by atoms with Crippen molar-refractivity contribution in [3.05, 3.63) is 18.2 Å². The lowest BCUT2D eigenvalue weighted by atomic mass is 10.2. The highest BCUT2D eigenvalue weighted by atomic mass is 35.5. The zero-order valence-corrected chi connectivity index (χ0v) is 13.1. The van der Waals surface area contributed by atoms with Gasteiger partial charge in [-0.2, -0.15) is 0 Å². The summed E-state index contributed by atoms with van der Waals surface area (Å²) in [5.41, 5.74) is 0. The van der Waals surface area contributed by atoms with Gasteiger partial charge in [0, 0.05) is 0 Å².